The van der Waals surface area contributed by atoms with Crippen molar-refractivity contribution in [1.29, 1.82) is 0 Å². The van der Waals surface area contributed by atoms with Gasteiger partial charge in [-0.3, -0.25) is 9.59 Å². The zero-order valence-corrected chi connectivity index (χ0v) is 15.5. The molecule has 0 bridgehead atoms. The van der Waals surface area contributed by atoms with Crippen molar-refractivity contribution in [2.24, 2.45) is 11.8 Å². The third-order valence-corrected chi connectivity index (χ3v) is 7.22. The highest BCUT2D eigenvalue weighted by Gasteiger charge is 2.29. The molecular weight excluding hydrogens is 320 g/mol. The van der Waals surface area contributed by atoms with Gasteiger partial charge in [0.25, 0.3) is 0 Å². The van der Waals surface area contributed by atoms with E-state index in [-0.39, 0.29) is 11.6 Å². The molecule has 5 heteroatoms. The monoisotopic (exact) mass is 342 g/mol. The summed E-state index contributed by atoms with van der Waals surface area (Å²) in [5.41, 5.74) is 0. The van der Waals surface area contributed by atoms with Crippen LogP contribution in [0.2, 0.25) is 0 Å². The van der Waals surface area contributed by atoms with Gasteiger partial charge in [-0.1, -0.05) is 27.7 Å². The number of hydrogen-bond acceptors (Lipinski definition) is 5. The highest BCUT2D eigenvalue weighted by atomic mass is 32.2. The molecule has 116 valence electrons. The van der Waals surface area contributed by atoms with Gasteiger partial charge in [0.15, 0.2) is 11.6 Å². The topological polar surface area (TPSA) is 34.1 Å². The lowest BCUT2D eigenvalue weighted by molar-refractivity contribution is 0.0960. The minimum absolute atomic E-state index is 0.199. The van der Waals surface area contributed by atoms with Gasteiger partial charge in [-0.15, -0.1) is 34.9 Å². The summed E-state index contributed by atoms with van der Waals surface area (Å²) in [6, 6.07) is 0. The molecule has 0 aromatic carbocycles. The second-order valence-electron chi connectivity index (χ2n) is 6.16. The lowest BCUT2D eigenvalue weighted by Crippen LogP contribution is -2.04. The zero-order valence-electron chi connectivity index (χ0n) is 13.0. The van der Waals surface area contributed by atoms with E-state index >= 15 is 0 Å². The van der Waals surface area contributed by atoms with Crippen LogP contribution in [0.25, 0.3) is 0 Å². The van der Waals surface area contributed by atoms with Crippen molar-refractivity contribution in [2.45, 2.75) is 50.3 Å². The smallest absolute Gasteiger partial charge is 0.174 e. The maximum Gasteiger partial charge on any atom is 0.174 e. The van der Waals surface area contributed by atoms with E-state index in [1.54, 1.807) is 23.5 Å². The first-order chi connectivity index (χ1) is 9.90. The molecule has 0 aliphatic carbocycles. The van der Waals surface area contributed by atoms with Gasteiger partial charge >= 0.3 is 0 Å². The predicted octanol–water partition coefficient (Wildman–Crippen LogP) is 5.40. The molecule has 0 fully saturated rings. The van der Waals surface area contributed by atoms with Gasteiger partial charge < -0.3 is 0 Å². The molecule has 2 nitrogen and oxygen atoms in total. The molecule has 0 unspecified atom stereocenters. The third-order valence-electron chi connectivity index (χ3n) is 3.09. The summed E-state index contributed by atoms with van der Waals surface area (Å²) in [7, 11) is 0. The average molecular weight is 343 g/mol. The van der Waals surface area contributed by atoms with E-state index in [1.807, 2.05) is 0 Å². The Morgan fingerprint density at radius 2 is 1.24 bits per heavy atom. The molecule has 0 saturated carbocycles. The van der Waals surface area contributed by atoms with Crippen LogP contribution in [0.4, 0.5) is 0 Å². The Bertz CT molecular complexity index is 497. The second-order valence-corrected chi connectivity index (χ2v) is 9.39. The van der Waals surface area contributed by atoms with Crippen molar-refractivity contribution in [3.05, 3.63) is 9.75 Å². The fraction of sp³-hybridized carbons (Fsp3) is 0.625. The maximum atomic E-state index is 12.5. The number of hydrogen-bond donors (Lipinski definition) is 0. The number of Topliss-reactive ketones (excluding diaryl/α,β-unsaturated/α-hetero) is 2. The summed E-state index contributed by atoms with van der Waals surface area (Å²) in [5, 5.41) is 0. The average Bonchev–Trinajstić information content (AvgIpc) is 2.76. The van der Waals surface area contributed by atoms with E-state index in [2.05, 4.69) is 27.7 Å². The summed E-state index contributed by atoms with van der Waals surface area (Å²) in [6.45, 7) is 8.24. The molecule has 1 aromatic rings. The zero-order chi connectivity index (χ0) is 15.6. The van der Waals surface area contributed by atoms with Crippen LogP contribution in [0, 0.1) is 11.8 Å². The Morgan fingerprint density at radius 3 is 1.57 bits per heavy atom. The maximum absolute atomic E-state index is 12.5. The van der Waals surface area contributed by atoms with Gasteiger partial charge in [0.05, 0.1) is 9.75 Å². The van der Waals surface area contributed by atoms with Gasteiger partial charge in [0.1, 0.15) is 0 Å². The van der Waals surface area contributed by atoms with Crippen LogP contribution in [0.1, 0.15) is 59.9 Å². The van der Waals surface area contributed by atoms with Crippen LogP contribution in [0.15, 0.2) is 9.79 Å². The highest BCUT2D eigenvalue weighted by molar-refractivity contribution is 8.06. The van der Waals surface area contributed by atoms with Crippen LogP contribution in [0.3, 0.4) is 0 Å². The number of carbonyl (C=O) groups excluding carboxylic acids is 2. The number of carbonyl (C=O) groups is 2. The molecule has 0 atom stereocenters. The van der Waals surface area contributed by atoms with Crippen LogP contribution in [-0.2, 0) is 0 Å². The van der Waals surface area contributed by atoms with Crippen molar-refractivity contribution in [1.82, 2.24) is 0 Å². The predicted molar refractivity (Wildman–Crippen MR) is 93.3 cm³/mol. The second kappa shape index (κ2) is 7.34. The van der Waals surface area contributed by atoms with Crippen LogP contribution in [-0.4, -0.2) is 23.1 Å². The lowest BCUT2D eigenvalue weighted by Gasteiger charge is -2.13. The molecule has 0 spiro atoms. The first-order valence-electron chi connectivity index (χ1n) is 7.39. The van der Waals surface area contributed by atoms with Crippen molar-refractivity contribution < 1.29 is 9.59 Å². The van der Waals surface area contributed by atoms with Crippen molar-refractivity contribution in [3.63, 3.8) is 0 Å². The third kappa shape index (κ3) is 4.14. The minimum atomic E-state index is 0.199. The molecule has 0 radical (unpaired) electrons. The molecule has 0 amide bonds. The quantitative estimate of drug-likeness (QED) is 0.648. The largest absolute Gasteiger partial charge is 0.293 e. The summed E-state index contributed by atoms with van der Waals surface area (Å²) >= 11 is 4.92. The highest BCUT2D eigenvalue weighted by Crippen LogP contribution is 2.47. The van der Waals surface area contributed by atoms with Crippen LogP contribution in [0.5, 0.6) is 0 Å². The van der Waals surface area contributed by atoms with Crippen molar-refractivity contribution in [2.75, 3.05) is 11.5 Å². The van der Waals surface area contributed by atoms with Crippen molar-refractivity contribution in [3.8, 4) is 0 Å². The Labute approximate surface area is 139 Å². The summed E-state index contributed by atoms with van der Waals surface area (Å²) in [4.78, 5) is 28.7. The first-order valence-corrected chi connectivity index (χ1v) is 10.2. The SMILES string of the molecule is CC(C)CC(=O)c1sc(C(=O)CC(C)C)c2c1SCCS2. The van der Waals surface area contributed by atoms with E-state index in [9.17, 15) is 9.59 Å². The summed E-state index contributed by atoms with van der Waals surface area (Å²) in [6.07, 6.45) is 1.13. The van der Waals surface area contributed by atoms with Gasteiger partial charge in [-0.05, 0) is 11.8 Å². The molecule has 1 aliphatic rings. The van der Waals surface area contributed by atoms with Crippen LogP contribution < -0.4 is 0 Å². The summed E-state index contributed by atoms with van der Waals surface area (Å²) in [5.74, 6) is 3.15. The molecule has 0 N–H and O–H groups in total. The van der Waals surface area contributed by atoms with Gasteiger partial charge in [-0.2, -0.15) is 0 Å². The number of ketones is 2. The molecule has 1 aromatic heterocycles. The lowest BCUT2D eigenvalue weighted by atomic mass is 10.1. The standard InChI is InChI=1S/C16H22O2S3/c1-9(2)7-11(17)13-15-16(20-6-5-19-15)14(21-13)12(18)8-10(3)4/h9-10H,5-8H2,1-4H3. The number of rotatable bonds is 6. The molecule has 2 rings (SSSR count). The van der Waals surface area contributed by atoms with E-state index < -0.39 is 0 Å². The molecule has 2 heterocycles. The van der Waals surface area contributed by atoms with Crippen LogP contribution >= 0.6 is 34.9 Å². The fourth-order valence-electron chi connectivity index (χ4n) is 2.24. The normalized spacial score (nSPS) is 14.6. The fourth-order valence-corrected chi connectivity index (χ4v) is 6.35. The Balaban J connectivity index is 2.36. The number of thioether (sulfide) groups is 2. The molecule has 0 saturated heterocycles. The molecule has 21 heavy (non-hydrogen) atoms. The molecule has 1 aliphatic heterocycles. The molecular formula is C16H22O2S3. The Kier molecular flexibility index (Phi) is 5.97. The number of fused-ring (bicyclic) bond motifs is 1. The Hall–Kier alpha value is -0.260. The number of thiophene rings is 1. The van der Waals surface area contributed by atoms with E-state index in [4.69, 9.17) is 0 Å². The van der Waals surface area contributed by atoms with Crippen molar-refractivity contribution >= 4 is 46.4 Å². The first kappa shape index (κ1) is 17.1. The minimum Gasteiger partial charge on any atom is -0.293 e. The van der Waals surface area contributed by atoms with Gasteiger partial charge in [-0.25, -0.2) is 0 Å². The van der Waals surface area contributed by atoms with E-state index in [0.717, 1.165) is 31.1 Å². The van der Waals surface area contributed by atoms with Gasteiger partial charge in [0, 0.05) is 34.1 Å². The van der Waals surface area contributed by atoms with Gasteiger partial charge in [0.2, 0.25) is 0 Å². The summed E-state index contributed by atoms with van der Waals surface area (Å²) < 4.78 is 0. The van der Waals surface area contributed by atoms with E-state index in [1.165, 1.54) is 11.3 Å². The Morgan fingerprint density at radius 1 is 0.857 bits per heavy atom. The van der Waals surface area contributed by atoms with E-state index in [0.29, 0.717) is 24.7 Å².